The molecule has 0 bridgehead atoms. The van der Waals surface area contributed by atoms with Crippen LogP contribution in [0, 0.1) is 5.92 Å². The van der Waals surface area contributed by atoms with Crippen LogP contribution in [-0.4, -0.2) is 25.8 Å². The second-order valence-electron chi connectivity index (χ2n) is 8.07. The molecule has 6 nitrogen and oxygen atoms in total. The minimum Gasteiger partial charge on any atom is -0.481 e. The standard InChI is InChI=1S/C24H24ClN3O3/c1-15(2)13-16-8-9-17(14-20(16)25)24-26-23(27-31-24)19-5-3-6-21-18(19)10-12-28(21)11-4-7-22(29)30/h3,5-6,8-10,12,14-15H,4,7,11,13H2,1-2H3,(H,29,30). The second-order valence-corrected chi connectivity index (χ2v) is 8.48. The quantitative estimate of drug-likeness (QED) is 0.361. The number of hydrogen-bond donors (Lipinski definition) is 1. The van der Waals surface area contributed by atoms with Crippen LogP contribution in [0.5, 0.6) is 0 Å². The molecule has 31 heavy (non-hydrogen) atoms. The largest absolute Gasteiger partial charge is 0.481 e. The molecule has 0 atom stereocenters. The zero-order valence-electron chi connectivity index (χ0n) is 17.5. The van der Waals surface area contributed by atoms with Crippen molar-refractivity contribution in [1.82, 2.24) is 14.7 Å². The molecule has 0 fully saturated rings. The van der Waals surface area contributed by atoms with Crippen molar-refractivity contribution in [1.29, 1.82) is 0 Å². The van der Waals surface area contributed by atoms with Crippen molar-refractivity contribution in [3.8, 4) is 22.8 Å². The van der Waals surface area contributed by atoms with Crippen molar-refractivity contribution in [3.05, 3.63) is 59.2 Å². The molecule has 0 unspecified atom stereocenters. The van der Waals surface area contributed by atoms with Crippen molar-refractivity contribution in [2.45, 2.75) is 39.7 Å². The monoisotopic (exact) mass is 437 g/mol. The van der Waals surface area contributed by atoms with E-state index >= 15 is 0 Å². The Balaban J connectivity index is 1.61. The molecule has 1 N–H and O–H groups in total. The van der Waals surface area contributed by atoms with Crippen LogP contribution in [0.15, 0.2) is 53.2 Å². The third-order valence-electron chi connectivity index (χ3n) is 5.20. The molecule has 4 aromatic rings. The minimum absolute atomic E-state index is 0.145. The van der Waals surface area contributed by atoms with Crippen LogP contribution in [-0.2, 0) is 17.8 Å². The van der Waals surface area contributed by atoms with Crippen molar-refractivity contribution in [2.75, 3.05) is 0 Å². The first-order valence-electron chi connectivity index (χ1n) is 10.3. The van der Waals surface area contributed by atoms with Crippen LogP contribution < -0.4 is 0 Å². The second kappa shape index (κ2) is 8.94. The number of halogens is 1. The average molecular weight is 438 g/mol. The Kier molecular flexibility index (Phi) is 6.09. The van der Waals surface area contributed by atoms with Gasteiger partial charge in [-0.2, -0.15) is 4.98 Å². The maximum Gasteiger partial charge on any atom is 0.303 e. The number of benzene rings is 2. The Labute approximate surface area is 185 Å². The Morgan fingerprint density at radius 3 is 2.81 bits per heavy atom. The topological polar surface area (TPSA) is 81.2 Å². The highest BCUT2D eigenvalue weighted by Gasteiger charge is 2.16. The number of aliphatic carboxylic acids is 1. The fourth-order valence-electron chi connectivity index (χ4n) is 3.75. The molecule has 7 heteroatoms. The van der Waals surface area contributed by atoms with E-state index in [1.54, 1.807) is 0 Å². The molecular weight excluding hydrogens is 414 g/mol. The minimum atomic E-state index is -0.784. The number of carboxylic acids is 1. The van der Waals surface area contributed by atoms with Gasteiger partial charge in [0.05, 0.1) is 0 Å². The summed E-state index contributed by atoms with van der Waals surface area (Å²) in [7, 11) is 0. The van der Waals surface area contributed by atoms with Gasteiger partial charge in [-0.3, -0.25) is 4.79 Å². The molecule has 0 aliphatic carbocycles. The Morgan fingerprint density at radius 2 is 2.06 bits per heavy atom. The third kappa shape index (κ3) is 4.64. The van der Waals surface area contributed by atoms with Gasteiger partial charge < -0.3 is 14.2 Å². The molecule has 2 heterocycles. The van der Waals surface area contributed by atoms with Crippen molar-refractivity contribution < 1.29 is 14.4 Å². The third-order valence-corrected chi connectivity index (χ3v) is 5.55. The first-order chi connectivity index (χ1) is 14.9. The van der Waals surface area contributed by atoms with Crippen molar-refractivity contribution in [3.63, 3.8) is 0 Å². The number of nitrogens with zero attached hydrogens (tertiary/aromatic N) is 3. The van der Waals surface area contributed by atoms with E-state index in [-0.39, 0.29) is 6.42 Å². The van der Waals surface area contributed by atoms with Crippen LogP contribution in [0.1, 0.15) is 32.3 Å². The van der Waals surface area contributed by atoms with Gasteiger partial charge in [0, 0.05) is 46.2 Å². The van der Waals surface area contributed by atoms with Gasteiger partial charge in [0.1, 0.15) is 0 Å². The lowest BCUT2D eigenvalue weighted by Gasteiger charge is -2.07. The number of carbonyl (C=O) groups is 1. The Hall–Kier alpha value is -3.12. The van der Waals surface area contributed by atoms with Gasteiger partial charge in [-0.05, 0) is 48.6 Å². The van der Waals surface area contributed by atoms with Gasteiger partial charge in [0.15, 0.2) is 0 Å². The molecule has 0 aliphatic heterocycles. The summed E-state index contributed by atoms with van der Waals surface area (Å²) in [5.41, 5.74) is 3.77. The van der Waals surface area contributed by atoms with Gasteiger partial charge in [-0.25, -0.2) is 0 Å². The summed E-state index contributed by atoms with van der Waals surface area (Å²) in [4.78, 5) is 15.4. The number of rotatable bonds is 8. The maximum absolute atomic E-state index is 10.8. The van der Waals surface area contributed by atoms with E-state index in [1.807, 2.05) is 48.7 Å². The molecular formula is C24H24ClN3O3. The molecule has 2 aromatic carbocycles. The van der Waals surface area contributed by atoms with Gasteiger partial charge in [-0.1, -0.05) is 48.8 Å². The van der Waals surface area contributed by atoms with Gasteiger partial charge in [-0.15, -0.1) is 0 Å². The number of aromatic nitrogens is 3. The molecule has 4 rings (SSSR count). The summed E-state index contributed by atoms with van der Waals surface area (Å²) in [6.07, 6.45) is 3.60. The van der Waals surface area contributed by atoms with E-state index in [0.29, 0.717) is 35.6 Å². The fraction of sp³-hybridized carbons (Fsp3) is 0.292. The first kappa shape index (κ1) is 21.1. The molecule has 0 saturated carbocycles. The zero-order chi connectivity index (χ0) is 22.0. The molecule has 0 amide bonds. The number of hydrogen-bond acceptors (Lipinski definition) is 4. The Morgan fingerprint density at radius 1 is 1.23 bits per heavy atom. The SMILES string of the molecule is CC(C)Cc1ccc(-c2nc(-c3cccc4c3ccn4CCCC(=O)O)no2)cc1Cl. The lowest BCUT2D eigenvalue weighted by atomic mass is 10.0. The lowest BCUT2D eigenvalue weighted by Crippen LogP contribution is -2.00. The average Bonchev–Trinajstić information content (AvgIpc) is 3.36. The van der Waals surface area contributed by atoms with Crippen molar-refractivity contribution in [2.24, 2.45) is 5.92 Å². The molecule has 0 radical (unpaired) electrons. The fourth-order valence-corrected chi connectivity index (χ4v) is 4.01. The predicted octanol–water partition coefficient (Wildman–Crippen LogP) is 6.08. The predicted molar refractivity (Wildman–Crippen MR) is 121 cm³/mol. The molecule has 0 spiro atoms. The molecule has 160 valence electrons. The number of fused-ring (bicyclic) bond motifs is 1. The van der Waals surface area contributed by atoms with Gasteiger partial charge in [0.2, 0.25) is 5.82 Å². The van der Waals surface area contributed by atoms with Crippen LogP contribution in [0.3, 0.4) is 0 Å². The first-order valence-corrected chi connectivity index (χ1v) is 10.7. The van der Waals surface area contributed by atoms with E-state index in [9.17, 15) is 4.79 Å². The van der Waals surface area contributed by atoms with Gasteiger partial charge >= 0.3 is 5.97 Å². The normalized spacial score (nSPS) is 11.5. The highest BCUT2D eigenvalue weighted by atomic mass is 35.5. The van der Waals surface area contributed by atoms with Crippen LogP contribution in [0.25, 0.3) is 33.7 Å². The molecule has 2 aromatic heterocycles. The van der Waals surface area contributed by atoms with E-state index in [0.717, 1.165) is 34.0 Å². The zero-order valence-corrected chi connectivity index (χ0v) is 18.3. The summed E-state index contributed by atoms with van der Waals surface area (Å²) in [6, 6.07) is 13.7. The highest BCUT2D eigenvalue weighted by molar-refractivity contribution is 6.31. The van der Waals surface area contributed by atoms with E-state index in [1.165, 1.54) is 0 Å². The summed E-state index contributed by atoms with van der Waals surface area (Å²) in [5.74, 6) is 0.668. The molecule has 0 aliphatic rings. The summed E-state index contributed by atoms with van der Waals surface area (Å²) in [5, 5.41) is 14.8. The number of aryl methyl sites for hydroxylation is 1. The highest BCUT2D eigenvalue weighted by Crippen LogP contribution is 2.31. The van der Waals surface area contributed by atoms with Crippen LogP contribution in [0.4, 0.5) is 0 Å². The van der Waals surface area contributed by atoms with Crippen LogP contribution >= 0.6 is 11.6 Å². The molecule has 0 saturated heterocycles. The Bertz CT molecular complexity index is 1230. The maximum atomic E-state index is 10.8. The van der Waals surface area contributed by atoms with Gasteiger partial charge in [0.25, 0.3) is 5.89 Å². The smallest absolute Gasteiger partial charge is 0.303 e. The van der Waals surface area contributed by atoms with E-state index in [2.05, 4.69) is 28.6 Å². The van der Waals surface area contributed by atoms with Crippen LogP contribution in [0.2, 0.25) is 5.02 Å². The summed E-state index contributed by atoms with van der Waals surface area (Å²) < 4.78 is 7.59. The van der Waals surface area contributed by atoms with E-state index in [4.69, 9.17) is 21.2 Å². The number of carboxylic acid groups (broad SMARTS) is 1. The van der Waals surface area contributed by atoms with E-state index < -0.39 is 5.97 Å². The summed E-state index contributed by atoms with van der Waals surface area (Å²) >= 11 is 6.46. The lowest BCUT2D eigenvalue weighted by molar-refractivity contribution is -0.137. The summed E-state index contributed by atoms with van der Waals surface area (Å²) in [6.45, 7) is 4.96. The van der Waals surface area contributed by atoms with Crippen molar-refractivity contribution >= 4 is 28.5 Å².